The lowest BCUT2D eigenvalue weighted by Gasteiger charge is -1.99. The highest BCUT2D eigenvalue weighted by Gasteiger charge is 2.18. The quantitative estimate of drug-likeness (QED) is 0.794. The number of carbonyl (C=O) groups excluding carboxylic acids is 1. The predicted octanol–water partition coefficient (Wildman–Crippen LogP) is 2.10. The summed E-state index contributed by atoms with van der Waals surface area (Å²) >= 11 is 1.47. The van der Waals surface area contributed by atoms with Crippen molar-refractivity contribution in [2.24, 2.45) is 7.05 Å². The number of nitrogens with one attached hydrogen (secondary N) is 1. The van der Waals surface area contributed by atoms with Crippen LogP contribution in [0.4, 0.5) is 6.01 Å². The fourth-order valence-corrected chi connectivity index (χ4v) is 2.92. The maximum absolute atomic E-state index is 12.2. The van der Waals surface area contributed by atoms with Crippen LogP contribution in [0.2, 0.25) is 0 Å². The zero-order valence-electron chi connectivity index (χ0n) is 12.5. The number of aryl methyl sites for hydroxylation is 4. The number of anilines is 1. The highest BCUT2D eigenvalue weighted by atomic mass is 32.1. The molecule has 3 rings (SSSR count). The summed E-state index contributed by atoms with van der Waals surface area (Å²) in [4.78, 5) is 17.3. The van der Waals surface area contributed by atoms with Crippen LogP contribution in [0.1, 0.15) is 26.9 Å². The topological polar surface area (TPSA) is 98.7 Å². The van der Waals surface area contributed by atoms with Gasteiger partial charge in [0.1, 0.15) is 10.6 Å². The van der Waals surface area contributed by atoms with Crippen molar-refractivity contribution in [2.45, 2.75) is 20.8 Å². The summed E-state index contributed by atoms with van der Waals surface area (Å²) in [7, 11) is 1.70. The summed E-state index contributed by atoms with van der Waals surface area (Å²) in [5.41, 5.74) is 2.00. The fraction of sp³-hybridized carbons (Fsp3) is 0.308. The zero-order valence-corrected chi connectivity index (χ0v) is 13.4. The van der Waals surface area contributed by atoms with Gasteiger partial charge in [-0.3, -0.25) is 14.8 Å². The smallest absolute Gasteiger partial charge is 0.322 e. The number of amides is 1. The van der Waals surface area contributed by atoms with E-state index in [0.717, 1.165) is 21.3 Å². The molecule has 0 aromatic carbocycles. The second-order valence-electron chi connectivity index (χ2n) is 4.81. The van der Waals surface area contributed by atoms with Crippen LogP contribution in [-0.4, -0.2) is 30.9 Å². The molecule has 0 aliphatic heterocycles. The Bertz CT molecular complexity index is 847. The molecule has 3 aromatic heterocycles. The van der Waals surface area contributed by atoms with Gasteiger partial charge in [-0.05, 0) is 26.8 Å². The number of rotatable bonds is 3. The van der Waals surface area contributed by atoms with Crippen LogP contribution in [0.25, 0.3) is 10.8 Å². The molecule has 114 valence electrons. The molecule has 0 atom stereocenters. The third-order valence-electron chi connectivity index (χ3n) is 2.98. The standard InChI is InChI=1S/C13H14N6O2S/c1-6-5-9(19(4)18-6)11(20)15-13-17-16-12(21-13)10-7(2)14-8(3)22-10/h5H,1-4H3,(H,15,17,20). The van der Waals surface area contributed by atoms with Crippen molar-refractivity contribution >= 4 is 23.3 Å². The maximum Gasteiger partial charge on any atom is 0.322 e. The third kappa shape index (κ3) is 2.62. The monoisotopic (exact) mass is 318 g/mol. The van der Waals surface area contributed by atoms with E-state index in [1.807, 2.05) is 20.8 Å². The van der Waals surface area contributed by atoms with Crippen molar-refractivity contribution in [3.8, 4) is 10.8 Å². The SMILES string of the molecule is Cc1cc(C(=O)Nc2nnc(-c3sc(C)nc3C)o2)n(C)n1. The lowest BCUT2D eigenvalue weighted by atomic mass is 10.3. The van der Waals surface area contributed by atoms with Crippen molar-refractivity contribution in [3.05, 3.63) is 28.2 Å². The molecule has 0 aliphatic rings. The summed E-state index contributed by atoms with van der Waals surface area (Å²) in [5.74, 6) is -0.00454. The summed E-state index contributed by atoms with van der Waals surface area (Å²) < 4.78 is 6.99. The molecular weight excluding hydrogens is 304 g/mol. The van der Waals surface area contributed by atoms with Crippen LogP contribution in [0, 0.1) is 20.8 Å². The predicted molar refractivity (Wildman–Crippen MR) is 80.8 cm³/mol. The Labute approximate surface area is 130 Å². The van der Waals surface area contributed by atoms with Crippen molar-refractivity contribution in [1.82, 2.24) is 25.0 Å². The average molecular weight is 318 g/mol. The van der Waals surface area contributed by atoms with Crippen molar-refractivity contribution < 1.29 is 9.21 Å². The van der Waals surface area contributed by atoms with Crippen LogP contribution in [0.3, 0.4) is 0 Å². The summed E-state index contributed by atoms with van der Waals surface area (Å²) in [5, 5.41) is 15.4. The van der Waals surface area contributed by atoms with Gasteiger partial charge in [0.25, 0.3) is 11.8 Å². The van der Waals surface area contributed by atoms with E-state index >= 15 is 0 Å². The van der Waals surface area contributed by atoms with E-state index in [0.29, 0.717) is 11.6 Å². The largest absolute Gasteiger partial charge is 0.402 e. The molecule has 0 radical (unpaired) electrons. The van der Waals surface area contributed by atoms with E-state index in [4.69, 9.17) is 4.42 Å². The first kappa shape index (κ1) is 14.4. The van der Waals surface area contributed by atoms with Crippen LogP contribution >= 0.6 is 11.3 Å². The van der Waals surface area contributed by atoms with Crippen molar-refractivity contribution in [1.29, 1.82) is 0 Å². The molecule has 0 unspecified atom stereocenters. The Morgan fingerprint density at radius 1 is 1.32 bits per heavy atom. The van der Waals surface area contributed by atoms with Gasteiger partial charge < -0.3 is 4.42 Å². The van der Waals surface area contributed by atoms with Gasteiger partial charge in [-0.15, -0.1) is 16.4 Å². The second-order valence-corrected chi connectivity index (χ2v) is 6.01. The molecule has 0 spiro atoms. The number of hydrogen-bond acceptors (Lipinski definition) is 7. The van der Waals surface area contributed by atoms with Gasteiger partial charge in [0.15, 0.2) is 0 Å². The Kier molecular flexibility index (Phi) is 3.49. The van der Waals surface area contributed by atoms with Gasteiger partial charge in [0.05, 0.1) is 16.4 Å². The van der Waals surface area contributed by atoms with Crippen molar-refractivity contribution in [2.75, 3.05) is 5.32 Å². The van der Waals surface area contributed by atoms with Crippen LogP contribution in [-0.2, 0) is 7.05 Å². The lowest BCUT2D eigenvalue weighted by Crippen LogP contribution is -2.16. The molecule has 8 nitrogen and oxygen atoms in total. The Balaban J connectivity index is 1.81. The van der Waals surface area contributed by atoms with E-state index < -0.39 is 0 Å². The molecule has 1 N–H and O–H groups in total. The third-order valence-corrected chi connectivity index (χ3v) is 4.04. The van der Waals surface area contributed by atoms with Gasteiger partial charge in [0, 0.05) is 7.05 Å². The van der Waals surface area contributed by atoms with Gasteiger partial charge in [0.2, 0.25) is 0 Å². The molecule has 0 fully saturated rings. The molecule has 0 saturated carbocycles. The molecule has 1 amide bonds. The first-order valence-electron chi connectivity index (χ1n) is 6.54. The molecule has 0 saturated heterocycles. The molecule has 3 heterocycles. The van der Waals surface area contributed by atoms with Gasteiger partial charge in [-0.2, -0.15) is 5.10 Å². The molecule has 3 aromatic rings. The Hall–Kier alpha value is -2.55. The molecular formula is C13H14N6O2S. The molecule has 0 bridgehead atoms. The average Bonchev–Trinajstić information content (AvgIpc) is 3.10. The zero-order chi connectivity index (χ0) is 15.9. The van der Waals surface area contributed by atoms with E-state index in [9.17, 15) is 4.79 Å². The molecule has 9 heteroatoms. The minimum Gasteiger partial charge on any atom is -0.402 e. The first-order chi connectivity index (χ1) is 10.4. The van der Waals surface area contributed by atoms with E-state index in [1.54, 1.807) is 13.1 Å². The highest BCUT2D eigenvalue weighted by Crippen LogP contribution is 2.29. The normalized spacial score (nSPS) is 10.9. The van der Waals surface area contributed by atoms with Gasteiger partial charge in [-0.25, -0.2) is 4.98 Å². The Morgan fingerprint density at radius 2 is 2.09 bits per heavy atom. The van der Waals surface area contributed by atoms with Crippen molar-refractivity contribution in [3.63, 3.8) is 0 Å². The number of thiazole rings is 1. The first-order valence-corrected chi connectivity index (χ1v) is 7.35. The minimum atomic E-state index is -0.351. The van der Waals surface area contributed by atoms with Crippen LogP contribution < -0.4 is 5.32 Å². The van der Waals surface area contributed by atoms with E-state index in [2.05, 4.69) is 25.6 Å². The minimum absolute atomic E-state index is 0.0457. The maximum atomic E-state index is 12.2. The van der Waals surface area contributed by atoms with Gasteiger partial charge in [-0.1, -0.05) is 5.10 Å². The number of hydrogen-bond donors (Lipinski definition) is 1. The number of aromatic nitrogens is 5. The lowest BCUT2D eigenvalue weighted by molar-refractivity contribution is 0.101. The summed E-state index contributed by atoms with van der Waals surface area (Å²) in [6.07, 6.45) is 0. The molecule has 22 heavy (non-hydrogen) atoms. The van der Waals surface area contributed by atoms with Crippen LogP contribution in [0.15, 0.2) is 10.5 Å². The molecule has 0 aliphatic carbocycles. The van der Waals surface area contributed by atoms with E-state index in [-0.39, 0.29) is 11.9 Å². The second kappa shape index (κ2) is 5.34. The van der Waals surface area contributed by atoms with Crippen LogP contribution in [0.5, 0.6) is 0 Å². The number of carbonyl (C=O) groups is 1. The fourth-order valence-electron chi connectivity index (χ4n) is 2.08. The van der Waals surface area contributed by atoms with E-state index in [1.165, 1.54) is 16.0 Å². The van der Waals surface area contributed by atoms with Gasteiger partial charge >= 0.3 is 6.01 Å². The summed E-state index contributed by atoms with van der Waals surface area (Å²) in [6.45, 7) is 5.60. The Morgan fingerprint density at radius 3 is 2.68 bits per heavy atom. The highest BCUT2D eigenvalue weighted by molar-refractivity contribution is 7.15. The number of nitrogens with zero attached hydrogens (tertiary/aromatic N) is 5. The summed E-state index contributed by atoms with van der Waals surface area (Å²) in [6, 6.07) is 1.73.